The van der Waals surface area contributed by atoms with Gasteiger partial charge in [0.15, 0.2) is 6.04 Å². The monoisotopic (exact) mass is 400 g/mol. The van der Waals surface area contributed by atoms with Crippen molar-refractivity contribution in [1.82, 2.24) is 0 Å². The lowest BCUT2D eigenvalue weighted by molar-refractivity contribution is -0.915. The molecule has 2 aliphatic rings. The van der Waals surface area contributed by atoms with Gasteiger partial charge in [0.25, 0.3) is 5.91 Å². The first-order valence-corrected chi connectivity index (χ1v) is 9.81. The standard InChI is InChI=1S/C21H22ClN3O3/c1-28-19-8-3-2-7-17(19)25-20(26)14-18(21(25)27)24-11-9-23(10-12-24)16-6-4-5-15(22)13-16/h2-8,13,18H,9-12,14H2,1H3/p+1/t18-/m1/s1. The zero-order valence-electron chi connectivity index (χ0n) is 15.7. The highest BCUT2D eigenvalue weighted by Crippen LogP contribution is 2.31. The van der Waals surface area contributed by atoms with Crippen molar-refractivity contribution in [2.45, 2.75) is 12.5 Å². The molecule has 2 fully saturated rings. The fraction of sp³-hybridized carbons (Fsp3) is 0.333. The van der Waals surface area contributed by atoms with Crippen molar-refractivity contribution >= 4 is 34.8 Å². The zero-order chi connectivity index (χ0) is 19.7. The summed E-state index contributed by atoms with van der Waals surface area (Å²) in [4.78, 5) is 30.4. The molecular formula is C21H23ClN3O3+. The molecule has 1 N–H and O–H groups in total. The first kappa shape index (κ1) is 18.8. The maximum atomic E-state index is 13.1. The van der Waals surface area contributed by atoms with Crippen LogP contribution in [0.5, 0.6) is 5.75 Å². The summed E-state index contributed by atoms with van der Waals surface area (Å²) in [6.07, 6.45) is 0.239. The lowest BCUT2D eigenvalue weighted by Crippen LogP contribution is -3.19. The van der Waals surface area contributed by atoms with Gasteiger partial charge in [-0.25, -0.2) is 4.90 Å². The molecule has 28 heavy (non-hydrogen) atoms. The third-order valence-electron chi connectivity index (χ3n) is 5.54. The van der Waals surface area contributed by atoms with Crippen LogP contribution in [0.15, 0.2) is 48.5 Å². The second-order valence-electron chi connectivity index (χ2n) is 7.12. The maximum absolute atomic E-state index is 13.1. The highest BCUT2D eigenvalue weighted by Gasteiger charge is 2.47. The van der Waals surface area contributed by atoms with E-state index in [1.165, 1.54) is 4.90 Å². The molecule has 2 aliphatic heterocycles. The van der Waals surface area contributed by atoms with Crippen LogP contribution in [-0.2, 0) is 9.59 Å². The predicted octanol–water partition coefficient (Wildman–Crippen LogP) is 1.39. The summed E-state index contributed by atoms with van der Waals surface area (Å²) in [5, 5.41) is 0.719. The minimum atomic E-state index is -0.334. The number of piperazine rings is 1. The number of imide groups is 1. The molecular weight excluding hydrogens is 378 g/mol. The number of nitrogens with zero attached hydrogens (tertiary/aromatic N) is 2. The highest BCUT2D eigenvalue weighted by molar-refractivity contribution is 6.30. The quantitative estimate of drug-likeness (QED) is 0.788. The van der Waals surface area contributed by atoms with Crippen molar-refractivity contribution < 1.29 is 19.2 Å². The van der Waals surface area contributed by atoms with E-state index in [2.05, 4.69) is 4.90 Å². The first-order valence-electron chi connectivity index (χ1n) is 9.43. The predicted molar refractivity (Wildman–Crippen MR) is 108 cm³/mol. The molecule has 4 rings (SSSR count). The molecule has 146 valence electrons. The van der Waals surface area contributed by atoms with E-state index >= 15 is 0 Å². The van der Waals surface area contributed by atoms with Gasteiger partial charge in [-0.15, -0.1) is 0 Å². The average Bonchev–Trinajstić information content (AvgIpc) is 3.02. The van der Waals surface area contributed by atoms with Crippen LogP contribution in [0.3, 0.4) is 0 Å². The maximum Gasteiger partial charge on any atom is 0.292 e. The van der Waals surface area contributed by atoms with Gasteiger partial charge in [-0.1, -0.05) is 29.8 Å². The molecule has 0 unspecified atom stereocenters. The molecule has 6 nitrogen and oxygen atoms in total. The second kappa shape index (κ2) is 7.81. The number of rotatable bonds is 4. The number of carbonyl (C=O) groups is 2. The van der Waals surface area contributed by atoms with Crippen LogP contribution in [0.4, 0.5) is 11.4 Å². The molecule has 2 saturated heterocycles. The molecule has 7 heteroatoms. The Bertz CT molecular complexity index is 896. The largest absolute Gasteiger partial charge is 0.495 e. The summed E-state index contributed by atoms with van der Waals surface area (Å²) >= 11 is 6.10. The van der Waals surface area contributed by atoms with Gasteiger partial charge >= 0.3 is 0 Å². The van der Waals surface area contributed by atoms with Gasteiger partial charge in [0, 0.05) is 10.7 Å². The molecule has 0 radical (unpaired) electrons. The van der Waals surface area contributed by atoms with Gasteiger partial charge in [0.05, 0.1) is 45.4 Å². The number of anilines is 2. The van der Waals surface area contributed by atoms with Crippen molar-refractivity contribution in [2.24, 2.45) is 0 Å². The number of carbonyl (C=O) groups excluding carboxylic acids is 2. The van der Waals surface area contributed by atoms with Crippen LogP contribution in [0.2, 0.25) is 5.02 Å². The van der Waals surface area contributed by atoms with Crippen LogP contribution < -0.4 is 19.4 Å². The molecule has 1 atom stereocenters. The second-order valence-corrected chi connectivity index (χ2v) is 7.56. The fourth-order valence-electron chi connectivity index (χ4n) is 4.09. The first-order chi connectivity index (χ1) is 13.6. The summed E-state index contributed by atoms with van der Waals surface area (Å²) < 4.78 is 5.34. The Morgan fingerprint density at radius 1 is 1.07 bits per heavy atom. The molecule has 0 spiro atoms. The topological polar surface area (TPSA) is 54.3 Å². The molecule has 2 heterocycles. The van der Waals surface area contributed by atoms with Gasteiger partial charge < -0.3 is 14.5 Å². The molecule has 2 amide bonds. The summed E-state index contributed by atoms with van der Waals surface area (Å²) in [6, 6.07) is 14.6. The number of halogens is 1. The number of nitrogens with one attached hydrogen (secondary N) is 1. The smallest absolute Gasteiger partial charge is 0.292 e. The van der Waals surface area contributed by atoms with Crippen LogP contribution in [0, 0.1) is 0 Å². The summed E-state index contributed by atoms with van der Waals surface area (Å²) in [5.74, 6) is 0.232. The summed E-state index contributed by atoms with van der Waals surface area (Å²) in [7, 11) is 1.54. The highest BCUT2D eigenvalue weighted by atomic mass is 35.5. The SMILES string of the molecule is COc1ccccc1N1C(=O)C[C@@H]([NH+]2CCN(c3cccc(Cl)c3)CC2)C1=O. The van der Waals surface area contributed by atoms with Gasteiger partial charge in [-0.3, -0.25) is 9.59 Å². The Morgan fingerprint density at radius 2 is 1.82 bits per heavy atom. The van der Waals surface area contributed by atoms with Crippen LogP contribution in [0.25, 0.3) is 0 Å². The Morgan fingerprint density at radius 3 is 2.54 bits per heavy atom. The summed E-state index contributed by atoms with van der Waals surface area (Å²) in [6.45, 7) is 3.25. The van der Waals surface area contributed by atoms with Crippen LogP contribution in [0.1, 0.15) is 6.42 Å². The van der Waals surface area contributed by atoms with Crippen molar-refractivity contribution in [3.8, 4) is 5.75 Å². The van der Waals surface area contributed by atoms with Crippen molar-refractivity contribution in [2.75, 3.05) is 43.1 Å². The van der Waals surface area contributed by atoms with E-state index in [-0.39, 0.29) is 24.3 Å². The molecule has 0 bridgehead atoms. The minimum absolute atomic E-state index is 0.138. The number of para-hydroxylation sites is 2. The number of quaternary nitrogens is 1. The van der Waals surface area contributed by atoms with Crippen molar-refractivity contribution in [3.05, 3.63) is 53.6 Å². The van der Waals surface area contributed by atoms with Gasteiger partial charge in [0.1, 0.15) is 5.75 Å². The third kappa shape index (κ3) is 3.45. The van der Waals surface area contributed by atoms with E-state index < -0.39 is 0 Å². The van der Waals surface area contributed by atoms with Crippen molar-refractivity contribution in [1.29, 1.82) is 0 Å². The fourth-order valence-corrected chi connectivity index (χ4v) is 4.28. The Kier molecular flexibility index (Phi) is 5.24. The average molecular weight is 401 g/mol. The Balaban J connectivity index is 1.46. The number of methoxy groups -OCH3 is 1. The number of amides is 2. The Hall–Kier alpha value is -2.57. The number of hydrogen-bond acceptors (Lipinski definition) is 4. The summed E-state index contributed by atoms with van der Waals surface area (Å²) in [5.41, 5.74) is 1.62. The van der Waals surface area contributed by atoms with Crippen molar-refractivity contribution in [3.63, 3.8) is 0 Å². The van der Waals surface area contributed by atoms with E-state index in [0.29, 0.717) is 11.4 Å². The molecule has 2 aromatic carbocycles. The number of ether oxygens (including phenoxy) is 1. The van der Waals surface area contributed by atoms with Crippen LogP contribution in [-0.4, -0.2) is 51.1 Å². The van der Waals surface area contributed by atoms with E-state index in [1.807, 2.05) is 36.4 Å². The lowest BCUT2D eigenvalue weighted by atomic mass is 10.1. The van der Waals surface area contributed by atoms with E-state index in [1.54, 1.807) is 19.2 Å². The Labute approximate surface area is 169 Å². The number of hydrogen-bond donors (Lipinski definition) is 1. The zero-order valence-corrected chi connectivity index (χ0v) is 16.5. The molecule has 0 saturated carbocycles. The van der Waals surface area contributed by atoms with Gasteiger partial charge in [0.2, 0.25) is 5.91 Å². The lowest BCUT2D eigenvalue weighted by Gasteiger charge is -2.35. The van der Waals surface area contributed by atoms with E-state index in [0.717, 1.165) is 41.8 Å². The molecule has 0 aromatic heterocycles. The minimum Gasteiger partial charge on any atom is -0.495 e. The third-order valence-corrected chi connectivity index (χ3v) is 5.78. The van der Waals surface area contributed by atoms with E-state index in [9.17, 15) is 9.59 Å². The number of benzene rings is 2. The normalized spacial score (nSPS) is 20.7. The van der Waals surface area contributed by atoms with E-state index in [4.69, 9.17) is 16.3 Å². The molecule has 2 aromatic rings. The van der Waals surface area contributed by atoms with Crippen LogP contribution >= 0.6 is 11.6 Å². The van der Waals surface area contributed by atoms with Gasteiger partial charge in [-0.2, -0.15) is 0 Å². The van der Waals surface area contributed by atoms with Gasteiger partial charge in [-0.05, 0) is 30.3 Å². The molecule has 0 aliphatic carbocycles.